The Kier molecular flexibility index (Phi) is 4.37. The fourth-order valence-electron chi connectivity index (χ4n) is 3.41. The third-order valence-corrected chi connectivity index (χ3v) is 4.86. The van der Waals surface area contributed by atoms with E-state index in [2.05, 4.69) is 38.7 Å². The summed E-state index contributed by atoms with van der Waals surface area (Å²) in [5.74, 6) is 1.20. The highest BCUT2D eigenvalue weighted by Gasteiger charge is 2.25. The Labute approximate surface area is 156 Å². The molecular weight excluding hydrogens is 348 g/mol. The third kappa shape index (κ3) is 3.29. The van der Waals surface area contributed by atoms with Crippen LogP contribution in [0, 0.1) is 18.6 Å². The van der Waals surface area contributed by atoms with E-state index < -0.39 is 11.6 Å². The van der Waals surface area contributed by atoms with Gasteiger partial charge in [0.05, 0.1) is 23.5 Å². The molecule has 1 N–H and O–H groups in total. The van der Waals surface area contributed by atoms with Gasteiger partial charge >= 0.3 is 0 Å². The van der Waals surface area contributed by atoms with Crippen LogP contribution in [0.2, 0.25) is 0 Å². The van der Waals surface area contributed by atoms with Crippen LogP contribution in [0.15, 0.2) is 24.4 Å². The van der Waals surface area contributed by atoms with Gasteiger partial charge in [-0.05, 0) is 25.0 Å². The van der Waals surface area contributed by atoms with Crippen molar-refractivity contribution in [2.24, 2.45) is 0 Å². The van der Waals surface area contributed by atoms with Crippen molar-refractivity contribution < 1.29 is 8.78 Å². The maximum atomic E-state index is 14.1. The highest BCUT2D eigenvalue weighted by molar-refractivity contribution is 5.58. The molecule has 0 spiro atoms. The smallest absolute Gasteiger partial charge is 0.140 e. The Bertz CT molecular complexity index is 996. The van der Waals surface area contributed by atoms with E-state index in [4.69, 9.17) is 0 Å². The second-order valence-corrected chi connectivity index (χ2v) is 7.16. The van der Waals surface area contributed by atoms with Gasteiger partial charge in [0.15, 0.2) is 0 Å². The van der Waals surface area contributed by atoms with Gasteiger partial charge < -0.3 is 9.88 Å². The first-order valence-electron chi connectivity index (χ1n) is 9.04. The van der Waals surface area contributed by atoms with E-state index in [1.54, 1.807) is 0 Å². The van der Waals surface area contributed by atoms with Gasteiger partial charge in [-0.15, -0.1) is 0 Å². The standard InChI is InChI=1S/C20H21F2N5/c1-11(2)15-9-23-12(3)24-20(15)27-7-6-17-18(10-27)26-19(25-17)14-5-4-13(21)8-16(14)22/h4-5,8-9,11H,6-7,10H2,1-3H3,(H,25,26). The molecule has 5 nitrogen and oxygen atoms in total. The van der Waals surface area contributed by atoms with E-state index in [0.29, 0.717) is 18.3 Å². The lowest BCUT2D eigenvalue weighted by Gasteiger charge is -2.29. The Morgan fingerprint density at radius 2 is 2.00 bits per heavy atom. The zero-order valence-corrected chi connectivity index (χ0v) is 15.6. The Balaban J connectivity index is 1.67. The first kappa shape index (κ1) is 17.6. The zero-order chi connectivity index (χ0) is 19.1. The van der Waals surface area contributed by atoms with Crippen LogP contribution in [0.1, 0.15) is 42.5 Å². The lowest BCUT2D eigenvalue weighted by atomic mass is 10.0. The molecule has 0 unspecified atom stereocenters. The number of anilines is 1. The second-order valence-electron chi connectivity index (χ2n) is 7.16. The molecular formula is C20H21F2N5. The summed E-state index contributed by atoms with van der Waals surface area (Å²) in [5, 5.41) is 0. The molecule has 0 fully saturated rings. The zero-order valence-electron chi connectivity index (χ0n) is 15.6. The first-order valence-corrected chi connectivity index (χ1v) is 9.04. The minimum absolute atomic E-state index is 0.276. The number of imidazole rings is 1. The summed E-state index contributed by atoms with van der Waals surface area (Å²) in [6, 6.07) is 3.53. The van der Waals surface area contributed by atoms with Gasteiger partial charge in [0.25, 0.3) is 0 Å². The largest absolute Gasteiger partial charge is 0.350 e. The molecule has 3 heterocycles. The number of halogens is 2. The summed E-state index contributed by atoms with van der Waals surface area (Å²) in [5.41, 5.74) is 3.24. The van der Waals surface area contributed by atoms with E-state index in [1.807, 2.05) is 13.1 Å². The van der Waals surface area contributed by atoms with Crippen LogP contribution in [0.5, 0.6) is 0 Å². The number of benzene rings is 1. The summed E-state index contributed by atoms with van der Waals surface area (Å²) in [6.07, 6.45) is 2.62. The van der Waals surface area contributed by atoms with Gasteiger partial charge in [-0.1, -0.05) is 13.8 Å². The summed E-state index contributed by atoms with van der Waals surface area (Å²) in [4.78, 5) is 18.9. The molecule has 7 heteroatoms. The number of nitrogens with one attached hydrogen (secondary N) is 1. The number of nitrogens with zero attached hydrogens (tertiary/aromatic N) is 4. The number of aromatic nitrogens is 4. The minimum Gasteiger partial charge on any atom is -0.350 e. The van der Waals surface area contributed by atoms with E-state index in [1.165, 1.54) is 12.1 Å². The van der Waals surface area contributed by atoms with Crippen molar-refractivity contribution in [3.63, 3.8) is 0 Å². The summed E-state index contributed by atoms with van der Waals surface area (Å²) >= 11 is 0. The molecule has 0 bridgehead atoms. The molecule has 0 saturated carbocycles. The number of aryl methyl sites for hydroxylation is 1. The summed E-state index contributed by atoms with van der Waals surface area (Å²) in [6.45, 7) is 7.52. The molecule has 0 amide bonds. The Morgan fingerprint density at radius 1 is 1.19 bits per heavy atom. The first-order chi connectivity index (χ1) is 12.9. The van der Waals surface area contributed by atoms with Crippen LogP contribution in [0.25, 0.3) is 11.4 Å². The van der Waals surface area contributed by atoms with Crippen LogP contribution in [-0.2, 0) is 13.0 Å². The number of H-pyrrole nitrogens is 1. The van der Waals surface area contributed by atoms with Gasteiger partial charge in [0.2, 0.25) is 0 Å². The normalized spacial score (nSPS) is 13.9. The van der Waals surface area contributed by atoms with Crippen molar-refractivity contribution in [3.05, 3.63) is 58.8 Å². The van der Waals surface area contributed by atoms with Crippen molar-refractivity contribution in [1.82, 2.24) is 19.9 Å². The lowest BCUT2D eigenvalue weighted by Crippen LogP contribution is -2.32. The Morgan fingerprint density at radius 3 is 2.74 bits per heavy atom. The minimum atomic E-state index is -0.619. The van der Waals surface area contributed by atoms with Crippen LogP contribution < -0.4 is 4.90 Å². The second kappa shape index (κ2) is 6.72. The molecule has 4 rings (SSSR count). The molecule has 27 heavy (non-hydrogen) atoms. The molecule has 0 saturated heterocycles. The van der Waals surface area contributed by atoms with Crippen LogP contribution >= 0.6 is 0 Å². The van der Waals surface area contributed by atoms with E-state index in [9.17, 15) is 8.78 Å². The molecule has 3 aromatic rings. The molecule has 1 aliphatic rings. The summed E-state index contributed by atoms with van der Waals surface area (Å²) in [7, 11) is 0. The van der Waals surface area contributed by atoms with Crippen LogP contribution in [0.3, 0.4) is 0 Å². The lowest BCUT2D eigenvalue weighted by molar-refractivity contribution is 0.585. The SMILES string of the molecule is Cc1ncc(C(C)C)c(N2CCc3nc(-c4ccc(F)cc4F)[nH]c3C2)n1. The van der Waals surface area contributed by atoms with Crippen molar-refractivity contribution in [3.8, 4) is 11.4 Å². The summed E-state index contributed by atoms with van der Waals surface area (Å²) < 4.78 is 27.3. The Hall–Kier alpha value is -2.83. The monoisotopic (exact) mass is 369 g/mol. The number of fused-ring (bicyclic) bond motifs is 1. The number of hydrogen-bond acceptors (Lipinski definition) is 4. The van der Waals surface area contributed by atoms with E-state index in [-0.39, 0.29) is 5.56 Å². The fraction of sp³-hybridized carbons (Fsp3) is 0.350. The van der Waals surface area contributed by atoms with Gasteiger partial charge in [0, 0.05) is 30.8 Å². The molecule has 140 valence electrons. The maximum Gasteiger partial charge on any atom is 0.140 e. The maximum absolute atomic E-state index is 14.1. The van der Waals surface area contributed by atoms with Crippen molar-refractivity contribution in [2.45, 2.75) is 39.7 Å². The quantitative estimate of drug-likeness (QED) is 0.754. The third-order valence-electron chi connectivity index (χ3n) is 4.86. The van der Waals surface area contributed by atoms with Crippen molar-refractivity contribution >= 4 is 5.82 Å². The van der Waals surface area contributed by atoms with Gasteiger partial charge in [-0.3, -0.25) is 0 Å². The number of aromatic amines is 1. The number of hydrogen-bond donors (Lipinski definition) is 1. The van der Waals surface area contributed by atoms with E-state index >= 15 is 0 Å². The fourth-order valence-corrected chi connectivity index (χ4v) is 3.41. The highest BCUT2D eigenvalue weighted by atomic mass is 19.1. The van der Waals surface area contributed by atoms with Crippen LogP contribution in [0.4, 0.5) is 14.6 Å². The molecule has 1 aliphatic heterocycles. The molecule has 0 radical (unpaired) electrons. The average molecular weight is 369 g/mol. The van der Waals surface area contributed by atoms with Gasteiger partial charge in [-0.2, -0.15) is 0 Å². The number of rotatable bonds is 3. The topological polar surface area (TPSA) is 57.7 Å². The predicted molar refractivity (Wildman–Crippen MR) is 99.6 cm³/mol. The molecule has 2 aromatic heterocycles. The van der Waals surface area contributed by atoms with Crippen molar-refractivity contribution in [1.29, 1.82) is 0 Å². The van der Waals surface area contributed by atoms with Crippen LogP contribution in [-0.4, -0.2) is 26.5 Å². The molecule has 0 atom stereocenters. The van der Waals surface area contributed by atoms with Gasteiger partial charge in [0.1, 0.15) is 29.1 Å². The highest BCUT2D eigenvalue weighted by Crippen LogP contribution is 2.30. The average Bonchev–Trinajstić information content (AvgIpc) is 3.04. The molecule has 0 aliphatic carbocycles. The predicted octanol–water partition coefficient (Wildman–Crippen LogP) is 4.14. The van der Waals surface area contributed by atoms with E-state index in [0.717, 1.165) is 47.6 Å². The van der Waals surface area contributed by atoms with Gasteiger partial charge in [-0.25, -0.2) is 23.7 Å². The molecule has 1 aromatic carbocycles. The van der Waals surface area contributed by atoms with Crippen molar-refractivity contribution in [2.75, 3.05) is 11.4 Å².